The molecule has 3 atom stereocenters. The van der Waals surface area contributed by atoms with Crippen molar-refractivity contribution in [2.24, 2.45) is 11.7 Å². The molecule has 1 rings (SSSR count). The van der Waals surface area contributed by atoms with Crippen molar-refractivity contribution < 1.29 is 62.7 Å². The van der Waals surface area contributed by atoms with Gasteiger partial charge in [0.05, 0.1) is 51.3 Å². The minimum atomic E-state index is -1.15. The van der Waals surface area contributed by atoms with Crippen molar-refractivity contribution in [2.75, 3.05) is 59.4 Å². The molecule has 0 aliphatic heterocycles. The summed E-state index contributed by atoms with van der Waals surface area (Å²) in [5.74, 6) is -3.69. The van der Waals surface area contributed by atoms with E-state index in [-0.39, 0.29) is 120 Å². The summed E-state index contributed by atoms with van der Waals surface area (Å²) in [6.45, 7) is 3.76. The predicted molar refractivity (Wildman–Crippen MR) is 263 cm³/mol. The molecule has 7 N–H and O–H groups in total. The van der Waals surface area contributed by atoms with Crippen LogP contribution in [0.4, 0.5) is 0 Å². The first-order valence-electron chi connectivity index (χ1n) is 26.0. The molecule has 0 fully saturated rings. The number of unbranched alkanes of at least 4 members (excludes halogenated alkanes) is 16. The molecule has 1 heterocycles. The Morgan fingerprint density at radius 2 is 1.14 bits per heavy atom. The Bertz CT molecular complexity index is 1510. The summed E-state index contributed by atoms with van der Waals surface area (Å²) in [6.07, 6.45) is 26.0. The Morgan fingerprint density at radius 1 is 0.580 bits per heavy atom. The maximum Gasteiger partial charge on any atom is 0.326 e. The van der Waals surface area contributed by atoms with Crippen molar-refractivity contribution in [2.45, 2.75) is 199 Å². The van der Waals surface area contributed by atoms with Crippen LogP contribution in [0.2, 0.25) is 0 Å². The molecule has 396 valence electrons. The second-order valence-corrected chi connectivity index (χ2v) is 18.1. The van der Waals surface area contributed by atoms with Crippen LogP contribution in [0, 0.1) is 5.92 Å². The second-order valence-electron chi connectivity index (χ2n) is 18.1. The lowest BCUT2D eigenvalue weighted by Crippen LogP contribution is -2.41. The van der Waals surface area contributed by atoms with Crippen molar-refractivity contribution >= 4 is 41.1 Å². The number of nitrogens with two attached hydrogens (primary N) is 1. The van der Waals surface area contributed by atoms with E-state index in [2.05, 4.69) is 27.5 Å². The van der Waals surface area contributed by atoms with Crippen molar-refractivity contribution in [1.82, 2.24) is 20.6 Å². The fraction of sp³-hybridized carbons (Fsp3) is 0.804. The largest absolute Gasteiger partial charge is 0.481 e. The van der Waals surface area contributed by atoms with Crippen LogP contribution in [0.1, 0.15) is 186 Å². The van der Waals surface area contributed by atoms with Crippen molar-refractivity contribution in [3.05, 3.63) is 18.2 Å². The maximum absolute atomic E-state index is 12.4. The minimum absolute atomic E-state index is 0.0446. The van der Waals surface area contributed by atoms with Gasteiger partial charge in [0.15, 0.2) is 5.78 Å². The molecule has 1 unspecified atom stereocenters. The Hall–Kier alpha value is -4.10. The normalized spacial score (nSPS) is 12.6. The average molecular weight is 980 g/mol. The van der Waals surface area contributed by atoms with Gasteiger partial charge in [0, 0.05) is 63.6 Å². The highest BCUT2D eigenvalue weighted by Crippen LogP contribution is 2.18. The number of amides is 2. The standard InChI is InChI=1S/C51H89N5O13/c1-2-3-4-5-6-7-8-9-10-11-12-13-14-15-19-24-48(60)56-46(51(64)65)27-26-43(57)23-20-30-66-32-35-69-39-49(61)54-29-31-67-33-34-68-38-44(58)22-18-16-17-21-41(50(62)63)25-28-47(59)45(52)36-42-37-53-40-55-42/h37,40-41,45-46H,2-36,38-39,52H2,1H3,(H,53,55)(H,54,61)(H,56,60)(H,62,63)(H,64,65)/t41-,45+,46?/m1/s1. The van der Waals surface area contributed by atoms with E-state index in [9.17, 15) is 43.8 Å². The summed E-state index contributed by atoms with van der Waals surface area (Å²) in [4.78, 5) is 91.4. The highest BCUT2D eigenvalue weighted by atomic mass is 16.5. The van der Waals surface area contributed by atoms with Crippen LogP contribution in [0.3, 0.4) is 0 Å². The highest BCUT2D eigenvalue weighted by Gasteiger charge is 2.22. The van der Waals surface area contributed by atoms with Gasteiger partial charge in [-0.2, -0.15) is 0 Å². The van der Waals surface area contributed by atoms with E-state index in [0.29, 0.717) is 51.6 Å². The van der Waals surface area contributed by atoms with Gasteiger partial charge in [-0.25, -0.2) is 9.78 Å². The molecule has 0 bridgehead atoms. The number of carboxylic acids is 2. The molecule has 18 nitrogen and oxygen atoms in total. The first kappa shape index (κ1) is 62.9. The van der Waals surface area contributed by atoms with Crippen molar-refractivity contribution in [3.63, 3.8) is 0 Å². The zero-order chi connectivity index (χ0) is 50.6. The number of nitrogens with one attached hydrogen (secondary N) is 3. The monoisotopic (exact) mass is 980 g/mol. The van der Waals surface area contributed by atoms with Crippen LogP contribution < -0.4 is 16.4 Å². The number of aliphatic carboxylic acids is 2. The van der Waals surface area contributed by atoms with Crippen molar-refractivity contribution in [1.29, 1.82) is 0 Å². The Labute approximate surface area is 411 Å². The Balaban J connectivity index is 1.93. The van der Waals surface area contributed by atoms with Crippen LogP contribution in [0.25, 0.3) is 0 Å². The minimum Gasteiger partial charge on any atom is -0.481 e. The quantitative estimate of drug-likeness (QED) is 0.0359. The number of ether oxygens (including phenoxy) is 4. The first-order chi connectivity index (χ1) is 33.4. The van der Waals surface area contributed by atoms with E-state index in [1.54, 1.807) is 6.20 Å². The molecule has 1 aromatic rings. The van der Waals surface area contributed by atoms with Gasteiger partial charge in [-0.3, -0.25) is 28.8 Å². The lowest BCUT2D eigenvalue weighted by molar-refractivity contribution is -0.143. The van der Waals surface area contributed by atoms with Gasteiger partial charge in [-0.15, -0.1) is 0 Å². The van der Waals surface area contributed by atoms with E-state index in [4.69, 9.17) is 24.7 Å². The molecular weight excluding hydrogens is 891 g/mol. The lowest BCUT2D eigenvalue weighted by atomic mass is 9.93. The molecule has 0 saturated carbocycles. The molecule has 0 aromatic carbocycles. The number of rotatable bonds is 51. The van der Waals surface area contributed by atoms with Gasteiger partial charge in [0.2, 0.25) is 11.8 Å². The number of nitrogens with zero attached hydrogens (tertiary/aromatic N) is 1. The number of ketones is 3. The summed E-state index contributed by atoms with van der Waals surface area (Å²) in [7, 11) is 0. The predicted octanol–water partition coefficient (Wildman–Crippen LogP) is 6.99. The van der Waals surface area contributed by atoms with Crippen LogP contribution in [0.15, 0.2) is 12.5 Å². The van der Waals surface area contributed by atoms with Gasteiger partial charge >= 0.3 is 11.9 Å². The number of hydrogen-bond acceptors (Lipinski definition) is 13. The third kappa shape index (κ3) is 38.4. The molecule has 0 aliphatic carbocycles. The number of aromatic amines is 1. The van der Waals surface area contributed by atoms with E-state index >= 15 is 0 Å². The summed E-state index contributed by atoms with van der Waals surface area (Å²) >= 11 is 0. The van der Waals surface area contributed by atoms with Crippen LogP contribution >= 0.6 is 0 Å². The first-order valence-corrected chi connectivity index (χ1v) is 26.0. The van der Waals surface area contributed by atoms with E-state index < -0.39 is 29.9 Å². The van der Waals surface area contributed by atoms with Gasteiger partial charge in [-0.1, -0.05) is 110 Å². The highest BCUT2D eigenvalue weighted by molar-refractivity contribution is 5.85. The molecule has 0 spiro atoms. The zero-order valence-corrected chi connectivity index (χ0v) is 42.0. The molecule has 69 heavy (non-hydrogen) atoms. The molecule has 0 radical (unpaired) electrons. The summed E-state index contributed by atoms with van der Waals surface area (Å²) in [6, 6.07) is -1.80. The summed E-state index contributed by atoms with van der Waals surface area (Å²) in [5.41, 5.74) is 6.71. The molecular formula is C51H89N5O13. The SMILES string of the molecule is CCCCCCCCCCCCCCCCCC(=O)NC(CCC(=O)CCCOCCOCC(=O)NCCOCCOCC(=O)CCCCC[C@H](CCC(=O)[C@@H](N)Cc1cnc[nH]1)C(=O)O)C(=O)O. The topological polar surface area (TPSA) is 276 Å². The molecule has 0 saturated heterocycles. The molecule has 1 aromatic heterocycles. The Kier molecular flexibility index (Phi) is 40.0. The van der Waals surface area contributed by atoms with Gasteiger partial charge in [0.1, 0.15) is 30.8 Å². The fourth-order valence-corrected chi connectivity index (χ4v) is 7.69. The third-order valence-corrected chi connectivity index (χ3v) is 11.9. The number of hydrogen-bond donors (Lipinski definition) is 6. The van der Waals surface area contributed by atoms with Crippen LogP contribution in [0.5, 0.6) is 0 Å². The second kappa shape index (κ2) is 43.9. The van der Waals surface area contributed by atoms with E-state index in [0.717, 1.165) is 31.4 Å². The smallest absolute Gasteiger partial charge is 0.326 e. The maximum atomic E-state index is 12.4. The number of aromatic nitrogens is 2. The van der Waals surface area contributed by atoms with Crippen LogP contribution in [-0.2, 0) is 58.9 Å². The third-order valence-electron chi connectivity index (χ3n) is 11.9. The number of carbonyl (C=O) groups is 7. The molecule has 0 aliphatic rings. The van der Waals surface area contributed by atoms with Crippen LogP contribution in [-0.4, -0.2) is 133 Å². The lowest BCUT2D eigenvalue weighted by Gasteiger charge is -2.14. The number of carboxylic acid groups (broad SMARTS) is 2. The van der Waals surface area contributed by atoms with Gasteiger partial charge < -0.3 is 50.5 Å². The van der Waals surface area contributed by atoms with Gasteiger partial charge in [-0.05, 0) is 38.5 Å². The van der Waals surface area contributed by atoms with E-state index in [1.807, 2.05) is 0 Å². The molecule has 2 amide bonds. The summed E-state index contributed by atoms with van der Waals surface area (Å²) in [5, 5.41) is 24.4. The zero-order valence-electron chi connectivity index (χ0n) is 42.0. The summed E-state index contributed by atoms with van der Waals surface area (Å²) < 4.78 is 21.6. The van der Waals surface area contributed by atoms with Crippen molar-refractivity contribution in [3.8, 4) is 0 Å². The number of imidazole rings is 1. The fourth-order valence-electron chi connectivity index (χ4n) is 7.69. The van der Waals surface area contributed by atoms with E-state index in [1.165, 1.54) is 77.0 Å². The van der Waals surface area contributed by atoms with Gasteiger partial charge in [0.25, 0.3) is 0 Å². The number of carbonyl (C=O) groups excluding carboxylic acids is 5. The number of H-pyrrole nitrogens is 1. The average Bonchev–Trinajstić information content (AvgIpc) is 3.84. The molecule has 18 heteroatoms. The number of Topliss-reactive ketones (excluding diaryl/α,β-unsaturated/α-hetero) is 3. The Morgan fingerprint density at radius 3 is 1.75 bits per heavy atom.